The predicted octanol–water partition coefficient (Wildman–Crippen LogP) is 2.36. The number of unbranched alkanes of at least 4 members (excludes halogenated alkanes) is 1. The van der Waals surface area contributed by atoms with Gasteiger partial charge in [-0.2, -0.15) is 0 Å². The Balaban J connectivity index is 1.47. The first-order chi connectivity index (χ1) is 8.40. The largest absolute Gasteiger partial charge is 0.467 e. The quantitative estimate of drug-likeness (QED) is 0.404. The van der Waals surface area contributed by atoms with Crippen LogP contribution in [0.2, 0.25) is 0 Å². The number of hydrogen-bond donors (Lipinski definition) is 2. The smallest absolute Gasteiger partial charge is 0.207 e. The molecule has 2 atom stereocenters. The molecule has 17 heavy (non-hydrogen) atoms. The highest BCUT2D eigenvalue weighted by atomic mass is 33.1. The van der Waals surface area contributed by atoms with Crippen molar-refractivity contribution >= 4 is 21.6 Å². The van der Waals surface area contributed by atoms with Gasteiger partial charge < -0.3 is 10.1 Å². The van der Waals surface area contributed by atoms with Crippen LogP contribution in [0.3, 0.4) is 0 Å². The predicted molar refractivity (Wildman–Crippen MR) is 77.2 cm³/mol. The molecule has 2 rings (SSSR count). The fourth-order valence-corrected chi connectivity index (χ4v) is 4.91. The van der Waals surface area contributed by atoms with E-state index in [9.17, 15) is 0 Å². The highest BCUT2D eigenvalue weighted by Gasteiger charge is 2.31. The molecule has 0 saturated carbocycles. The summed E-state index contributed by atoms with van der Waals surface area (Å²) >= 11 is 0. The number of ether oxygens (including phenoxy) is 1. The van der Waals surface area contributed by atoms with E-state index in [4.69, 9.17) is 4.74 Å². The molecule has 0 radical (unpaired) electrons. The van der Waals surface area contributed by atoms with Gasteiger partial charge in [-0.1, -0.05) is 21.6 Å². The van der Waals surface area contributed by atoms with E-state index in [1.165, 1.54) is 31.4 Å². The molecule has 0 aromatic carbocycles. The number of epoxide rings is 1. The second-order valence-corrected chi connectivity index (χ2v) is 7.21. The monoisotopic (exact) mass is 274 g/mol. The summed E-state index contributed by atoms with van der Waals surface area (Å²) in [6, 6.07) is 0. The highest BCUT2D eigenvalue weighted by molar-refractivity contribution is 8.77. The van der Waals surface area contributed by atoms with Crippen molar-refractivity contribution in [1.29, 1.82) is 0 Å². The van der Waals surface area contributed by atoms with E-state index in [0.717, 1.165) is 24.1 Å². The van der Waals surface area contributed by atoms with Crippen molar-refractivity contribution in [2.24, 2.45) is 0 Å². The van der Waals surface area contributed by atoms with E-state index in [-0.39, 0.29) is 6.23 Å². The molecular weight excluding hydrogens is 252 g/mol. The Hall–Kier alpha value is 0.160. The average Bonchev–Trinajstić information content (AvgIpc) is 2.87. The van der Waals surface area contributed by atoms with E-state index in [0.29, 0.717) is 0 Å². The van der Waals surface area contributed by atoms with Crippen LogP contribution in [0.5, 0.6) is 0 Å². The number of likely N-dealkylation sites (N-methyl/N-ethyl adjacent to an activating group) is 1. The Morgan fingerprint density at radius 2 is 2.41 bits per heavy atom. The van der Waals surface area contributed by atoms with Gasteiger partial charge in [-0.05, 0) is 38.8 Å². The van der Waals surface area contributed by atoms with Gasteiger partial charge in [0.05, 0.1) is 0 Å². The third kappa shape index (κ3) is 5.12. The van der Waals surface area contributed by atoms with Crippen LogP contribution in [0.25, 0.3) is 0 Å². The molecule has 0 amide bonds. The minimum atomic E-state index is 0.208. The molecule has 98 valence electrons. The van der Waals surface area contributed by atoms with Gasteiger partial charge in [0.2, 0.25) is 6.23 Å². The second-order valence-electron chi connectivity index (χ2n) is 4.42. The van der Waals surface area contributed by atoms with Gasteiger partial charge in [-0.15, -0.1) is 0 Å². The van der Waals surface area contributed by atoms with E-state index >= 15 is 0 Å². The van der Waals surface area contributed by atoms with Gasteiger partial charge in [-0.25, -0.2) is 0 Å². The Morgan fingerprint density at radius 1 is 1.47 bits per heavy atom. The van der Waals surface area contributed by atoms with Crippen LogP contribution in [-0.2, 0) is 4.74 Å². The van der Waals surface area contributed by atoms with Crippen molar-refractivity contribution in [3.63, 3.8) is 0 Å². The molecule has 2 aliphatic rings. The molecule has 2 fully saturated rings. The molecular formula is C12H22N2OS2. The lowest BCUT2D eigenvalue weighted by Gasteiger charge is -2.03. The lowest BCUT2D eigenvalue weighted by Crippen LogP contribution is -2.26. The Bertz CT molecular complexity index is 255. The summed E-state index contributed by atoms with van der Waals surface area (Å²) in [7, 11) is 6.07. The first-order valence-corrected chi connectivity index (χ1v) is 8.81. The summed E-state index contributed by atoms with van der Waals surface area (Å²) < 4.78 is 5.45. The van der Waals surface area contributed by atoms with Gasteiger partial charge >= 0.3 is 0 Å². The molecule has 0 aliphatic carbocycles. The minimum absolute atomic E-state index is 0.208. The molecule has 0 aromatic heterocycles. The first-order valence-electron chi connectivity index (χ1n) is 6.43. The highest BCUT2D eigenvalue weighted by Crippen LogP contribution is 2.40. The van der Waals surface area contributed by atoms with Gasteiger partial charge in [0.25, 0.3) is 0 Å². The molecule has 0 bridgehead atoms. The summed E-state index contributed by atoms with van der Waals surface area (Å²) in [5, 5.41) is 7.34. The van der Waals surface area contributed by atoms with Crippen molar-refractivity contribution < 1.29 is 4.74 Å². The standard InChI is InChI=1S/C12H22N2OS2/c1-13-7-8-14-12-11(15-12)5-3-2-4-10-6-9-16-17-10/h5,10,12-14H,2-4,6-9H2,1H3/b11-5-. The van der Waals surface area contributed by atoms with Gasteiger partial charge in [0, 0.05) is 24.1 Å². The van der Waals surface area contributed by atoms with Gasteiger partial charge in [0.15, 0.2) is 5.76 Å². The topological polar surface area (TPSA) is 36.6 Å². The molecule has 5 heteroatoms. The first kappa shape index (κ1) is 13.6. The van der Waals surface area contributed by atoms with Crippen molar-refractivity contribution in [3.05, 3.63) is 11.8 Å². The van der Waals surface area contributed by atoms with Crippen LogP contribution in [0.1, 0.15) is 25.7 Å². The van der Waals surface area contributed by atoms with Crippen molar-refractivity contribution in [2.75, 3.05) is 25.9 Å². The lowest BCUT2D eigenvalue weighted by molar-refractivity contribution is 0.381. The fraction of sp³-hybridized carbons (Fsp3) is 0.833. The Morgan fingerprint density at radius 3 is 3.18 bits per heavy atom. The molecule has 2 heterocycles. The molecule has 0 aromatic rings. The summed E-state index contributed by atoms with van der Waals surface area (Å²) in [6.07, 6.45) is 7.69. The molecule has 2 saturated heterocycles. The van der Waals surface area contributed by atoms with Crippen LogP contribution >= 0.6 is 21.6 Å². The van der Waals surface area contributed by atoms with Gasteiger partial charge in [-0.3, -0.25) is 5.32 Å². The lowest BCUT2D eigenvalue weighted by atomic mass is 10.1. The van der Waals surface area contributed by atoms with Gasteiger partial charge in [0.1, 0.15) is 0 Å². The SMILES string of the molecule is CNCCNC1O/C1=C\CCCC1CCSS1. The third-order valence-corrected chi connectivity index (χ3v) is 5.97. The van der Waals surface area contributed by atoms with Crippen LogP contribution in [0.15, 0.2) is 11.8 Å². The zero-order valence-corrected chi connectivity index (χ0v) is 12.0. The fourth-order valence-electron chi connectivity index (χ4n) is 1.88. The molecule has 2 aliphatic heterocycles. The minimum Gasteiger partial charge on any atom is -0.467 e. The summed E-state index contributed by atoms with van der Waals surface area (Å²) in [4.78, 5) is 0. The second kappa shape index (κ2) is 7.56. The Kier molecular flexibility index (Phi) is 6.05. The number of nitrogens with one attached hydrogen (secondary N) is 2. The number of allylic oxidation sites excluding steroid dienone is 1. The van der Waals surface area contributed by atoms with Crippen molar-refractivity contribution in [2.45, 2.75) is 37.2 Å². The van der Waals surface area contributed by atoms with Crippen molar-refractivity contribution in [1.82, 2.24) is 10.6 Å². The Labute approximate surface area is 112 Å². The van der Waals surface area contributed by atoms with E-state index < -0.39 is 0 Å². The number of hydrogen-bond acceptors (Lipinski definition) is 5. The van der Waals surface area contributed by atoms with E-state index in [1.807, 2.05) is 17.8 Å². The average molecular weight is 274 g/mol. The summed E-state index contributed by atoms with van der Waals surface area (Å²) in [5.41, 5.74) is 0. The zero-order valence-electron chi connectivity index (χ0n) is 10.4. The van der Waals surface area contributed by atoms with Crippen molar-refractivity contribution in [3.8, 4) is 0 Å². The maximum atomic E-state index is 5.45. The zero-order chi connectivity index (χ0) is 11.9. The summed E-state index contributed by atoms with van der Waals surface area (Å²) in [5.74, 6) is 2.49. The van der Waals surface area contributed by atoms with Crippen LogP contribution in [0, 0.1) is 0 Å². The number of rotatable bonds is 8. The molecule has 2 N–H and O–H groups in total. The molecule has 0 spiro atoms. The van der Waals surface area contributed by atoms with Crippen LogP contribution in [0.4, 0.5) is 0 Å². The van der Waals surface area contributed by atoms with Crippen LogP contribution in [-0.4, -0.2) is 37.4 Å². The maximum Gasteiger partial charge on any atom is 0.207 e. The van der Waals surface area contributed by atoms with Crippen LogP contribution < -0.4 is 10.6 Å². The third-order valence-electron chi connectivity index (χ3n) is 2.96. The molecule has 2 unspecified atom stereocenters. The van der Waals surface area contributed by atoms with E-state index in [2.05, 4.69) is 27.5 Å². The normalized spacial score (nSPS) is 29.6. The molecule has 3 nitrogen and oxygen atoms in total. The van der Waals surface area contributed by atoms with E-state index in [1.54, 1.807) is 0 Å². The summed E-state index contributed by atoms with van der Waals surface area (Å²) in [6.45, 7) is 1.96. The maximum absolute atomic E-state index is 5.45.